The summed E-state index contributed by atoms with van der Waals surface area (Å²) in [6.45, 7) is 4.87. The fourth-order valence-electron chi connectivity index (χ4n) is 4.14. The van der Waals surface area contributed by atoms with Gasteiger partial charge in [0.25, 0.3) is 5.91 Å². The molecule has 0 spiro atoms. The van der Waals surface area contributed by atoms with E-state index in [0.717, 1.165) is 5.56 Å². The fourth-order valence-corrected chi connectivity index (χ4v) is 4.14. The molecule has 1 fully saturated rings. The van der Waals surface area contributed by atoms with Crippen molar-refractivity contribution < 1.29 is 28.7 Å². The molecule has 10 nitrogen and oxygen atoms in total. The highest BCUT2D eigenvalue weighted by Crippen LogP contribution is 2.46. The van der Waals surface area contributed by atoms with Crippen LogP contribution < -0.4 is 14.2 Å². The lowest BCUT2D eigenvalue weighted by Crippen LogP contribution is -2.54. The first-order valence-corrected chi connectivity index (χ1v) is 10.8. The van der Waals surface area contributed by atoms with E-state index >= 15 is 0 Å². The number of nitro groups is 1. The SMILES string of the molecule is COc1cc(C(=O)N2CCN(C(=O)C(C)(C)c3ccccc3)CC2)c([N+](=O)[O-])c(OC)c1OC. The molecule has 1 aliphatic rings. The van der Waals surface area contributed by atoms with Crippen LogP contribution in [0.4, 0.5) is 5.69 Å². The van der Waals surface area contributed by atoms with Crippen molar-refractivity contribution in [1.82, 2.24) is 9.80 Å². The molecular weight excluding hydrogens is 442 g/mol. The van der Waals surface area contributed by atoms with Crippen molar-refractivity contribution in [3.63, 3.8) is 0 Å². The number of ether oxygens (including phenoxy) is 3. The van der Waals surface area contributed by atoms with Crippen LogP contribution in [-0.4, -0.2) is 74.0 Å². The summed E-state index contributed by atoms with van der Waals surface area (Å²) in [6, 6.07) is 10.8. The molecule has 0 atom stereocenters. The monoisotopic (exact) mass is 471 g/mol. The molecule has 0 aliphatic carbocycles. The zero-order valence-electron chi connectivity index (χ0n) is 20.0. The molecule has 34 heavy (non-hydrogen) atoms. The largest absolute Gasteiger partial charge is 0.493 e. The van der Waals surface area contributed by atoms with Gasteiger partial charge in [0.05, 0.1) is 31.7 Å². The average molecular weight is 472 g/mol. The van der Waals surface area contributed by atoms with Gasteiger partial charge in [-0.1, -0.05) is 30.3 Å². The molecule has 0 saturated carbocycles. The number of methoxy groups -OCH3 is 3. The maximum absolute atomic E-state index is 13.3. The molecule has 0 bridgehead atoms. The Morgan fingerprint density at radius 1 is 0.912 bits per heavy atom. The van der Waals surface area contributed by atoms with Crippen LogP contribution in [0.3, 0.4) is 0 Å². The van der Waals surface area contributed by atoms with E-state index in [2.05, 4.69) is 0 Å². The molecule has 1 aliphatic heterocycles. The number of nitro benzene ring substituents is 1. The predicted molar refractivity (Wildman–Crippen MR) is 125 cm³/mol. The van der Waals surface area contributed by atoms with Crippen molar-refractivity contribution in [2.45, 2.75) is 19.3 Å². The predicted octanol–water partition coefficient (Wildman–Crippen LogP) is 2.88. The van der Waals surface area contributed by atoms with Gasteiger partial charge >= 0.3 is 5.69 Å². The number of hydrogen-bond acceptors (Lipinski definition) is 7. The Kier molecular flexibility index (Phi) is 7.29. The molecule has 2 aromatic carbocycles. The van der Waals surface area contributed by atoms with Gasteiger partial charge in [-0.05, 0) is 19.4 Å². The zero-order valence-corrected chi connectivity index (χ0v) is 20.0. The van der Waals surface area contributed by atoms with E-state index in [-0.39, 0.29) is 41.8 Å². The van der Waals surface area contributed by atoms with Gasteiger partial charge in [0.15, 0.2) is 5.75 Å². The normalized spacial score (nSPS) is 13.9. The third kappa shape index (κ3) is 4.48. The van der Waals surface area contributed by atoms with Crippen LogP contribution in [0.5, 0.6) is 17.2 Å². The van der Waals surface area contributed by atoms with Crippen molar-refractivity contribution in [2.75, 3.05) is 47.5 Å². The number of nitrogens with zero attached hydrogens (tertiary/aromatic N) is 3. The van der Waals surface area contributed by atoms with Crippen LogP contribution in [0.1, 0.15) is 29.8 Å². The van der Waals surface area contributed by atoms with E-state index in [1.54, 1.807) is 4.90 Å². The van der Waals surface area contributed by atoms with Gasteiger partial charge in [0, 0.05) is 32.2 Å². The van der Waals surface area contributed by atoms with Crippen molar-refractivity contribution in [1.29, 1.82) is 0 Å². The molecule has 1 saturated heterocycles. The Morgan fingerprint density at radius 3 is 1.97 bits per heavy atom. The van der Waals surface area contributed by atoms with E-state index in [9.17, 15) is 19.7 Å². The number of rotatable bonds is 7. The molecule has 0 radical (unpaired) electrons. The van der Waals surface area contributed by atoms with E-state index in [4.69, 9.17) is 14.2 Å². The van der Waals surface area contributed by atoms with Gasteiger partial charge < -0.3 is 24.0 Å². The van der Waals surface area contributed by atoms with Crippen LogP contribution in [-0.2, 0) is 10.2 Å². The molecule has 2 amide bonds. The van der Waals surface area contributed by atoms with Gasteiger partial charge in [-0.3, -0.25) is 19.7 Å². The molecule has 0 N–H and O–H groups in total. The van der Waals surface area contributed by atoms with Gasteiger partial charge in [-0.2, -0.15) is 0 Å². The molecule has 182 valence electrons. The Balaban J connectivity index is 1.83. The summed E-state index contributed by atoms with van der Waals surface area (Å²) in [5, 5.41) is 11.8. The minimum atomic E-state index is -0.719. The average Bonchev–Trinajstić information content (AvgIpc) is 2.86. The first kappa shape index (κ1) is 24.8. The molecule has 0 unspecified atom stereocenters. The van der Waals surface area contributed by atoms with E-state index in [1.165, 1.54) is 32.3 Å². The molecule has 0 aromatic heterocycles. The molecule has 10 heteroatoms. The second kappa shape index (κ2) is 9.98. The van der Waals surface area contributed by atoms with E-state index in [1.807, 2.05) is 44.2 Å². The second-order valence-electron chi connectivity index (χ2n) is 8.37. The third-order valence-corrected chi connectivity index (χ3v) is 6.10. The van der Waals surface area contributed by atoms with Crippen molar-refractivity contribution in [3.8, 4) is 17.2 Å². The summed E-state index contributed by atoms with van der Waals surface area (Å²) < 4.78 is 15.7. The maximum Gasteiger partial charge on any atom is 0.327 e. The van der Waals surface area contributed by atoms with Crippen LogP contribution in [0.25, 0.3) is 0 Å². The van der Waals surface area contributed by atoms with Crippen molar-refractivity contribution in [3.05, 3.63) is 57.6 Å². The van der Waals surface area contributed by atoms with Crippen LogP contribution in [0.15, 0.2) is 36.4 Å². The Morgan fingerprint density at radius 2 is 1.47 bits per heavy atom. The van der Waals surface area contributed by atoms with Gasteiger partial charge in [-0.25, -0.2) is 0 Å². The standard InChI is InChI=1S/C24H29N3O7/c1-24(2,16-9-7-6-8-10-16)23(29)26-13-11-25(12-14-26)22(28)17-15-18(32-3)20(33-4)21(34-5)19(17)27(30)31/h6-10,15H,11-14H2,1-5H3. The summed E-state index contributed by atoms with van der Waals surface area (Å²) in [4.78, 5) is 40.9. The zero-order chi connectivity index (χ0) is 25.0. The van der Waals surface area contributed by atoms with Gasteiger partial charge in [-0.15, -0.1) is 0 Å². The highest BCUT2D eigenvalue weighted by molar-refractivity contribution is 6.01. The summed E-state index contributed by atoms with van der Waals surface area (Å²) in [5.41, 5.74) is -0.465. The Labute approximate surface area is 198 Å². The quantitative estimate of drug-likeness (QED) is 0.451. The molecule has 3 rings (SSSR count). The van der Waals surface area contributed by atoms with E-state index in [0.29, 0.717) is 13.1 Å². The maximum atomic E-state index is 13.3. The second-order valence-corrected chi connectivity index (χ2v) is 8.37. The first-order chi connectivity index (χ1) is 16.2. The summed E-state index contributed by atoms with van der Waals surface area (Å²) in [6.07, 6.45) is 0. The number of carbonyl (C=O) groups is 2. The Bertz CT molecular complexity index is 1080. The third-order valence-electron chi connectivity index (χ3n) is 6.10. The van der Waals surface area contributed by atoms with Crippen LogP contribution >= 0.6 is 0 Å². The lowest BCUT2D eigenvalue weighted by molar-refractivity contribution is -0.386. The summed E-state index contributed by atoms with van der Waals surface area (Å²) >= 11 is 0. The highest BCUT2D eigenvalue weighted by Gasteiger charge is 2.38. The number of amides is 2. The molecule has 2 aromatic rings. The number of carbonyl (C=O) groups excluding carboxylic acids is 2. The van der Waals surface area contributed by atoms with Crippen LogP contribution in [0, 0.1) is 10.1 Å². The lowest BCUT2D eigenvalue weighted by Gasteiger charge is -2.38. The number of hydrogen-bond donors (Lipinski definition) is 0. The summed E-state index contributed by atoms with van der Waals surface area (Å²) in [7, 11) is 3.96. The van der Waals surface area contributed by atoms with Crippen LogP contribution in [0.2, 0.25) is 0 Å². The van der Waals surface area contributed by atoms with Gasteiger partial charge in [0.1, 0.15) is 5.56 Å². The van der Waals surface area contributed by atoms with E-state index < -0.39 is 21.9 Å². The van der Waals surface area contributed by atoms with Crippen molar-refractivity contribution >= 4 is 17.5 Å². The number of benzene rings is 2. The minimum Gasteiger partial charge on any atom is -0.493 e. The van der Waals surface area contributed by atoms with Gasteiger partial charge in [0.2, 0.25) is 17.4 Å². The fraction of sp³-hybridized carbons (Fsp3) is 0.417. The minimum absolute atomic E-state index is 0.0341. The lowest BCUT2D eigenvalue weighted by atomic mass is 9.83. The first-order valence-electron chi connectivity index (χ1n) is 10.8. The Hall–Kier alpha value is -3.82. The topological polar surface area (TPSA) is 111 Å². The number of piperazine rings is 1. The highest BCUT2D eigenvalue weighted by atomic mass is 16.6. The van der Waals surface area contributed by atoms with Crippen molar-refractivity contribution in [2.24, 2.45) is 0 Å². The summed E-state index contributed by atoms with van der Waals surface area (Å²) in [5.74, 6) is -0.586. The molecule has 1 heterocycles. The smallest absolute Gasteiger partial charge is 0.327 e. The molecular formula is C24H29N3O7.